The number of hydrogen-bond acceptors (Lipinski definition) is 3. The maximum atomic E-state index is 12.5. The van der Waals surface area contributed by atoms with Crippen LogP contribution in [0.3, 0.4) is 0 Å². The minimum absolute atomic E-state index is 0.0924. The Morgan fingerprint density at radius 2 is 2.09 bits per heavy atom. The number of carbonyl (C=O) groups is 1. The van der Waals surface area contributed by atoms with Gasteiger partial charge in [-0.15, -0.1) is 0 Å². The first-order valence-corrected chi connectivity index (χ1v) is 9.09. The largest absolute Gasteiger partial charge is 0.468 e. The highest BCUT2D eigenvalue weighted by Gasteiger charge is 2.27. The number of carbonyl (C=O) groups excluding carboxylic acids is 1. The molecular formula is C19H32N2O2. The van der Waals surface area contributed by atoms with Crippen molar-refractivity contribution >= 4 is 5.91 Å². The molecule has 0 radical (unpaired) electrons. The van der Waals surface area contributed by atoms with Crippen LogP contribution in [-0.4, -0.2) is 31.4 Å². The van der Waals surface area contributed by atoms with Gasteiger partial charge in [-0.1, -0.05) is 26.2 Å². The lowest BCUT2D eigenvalue weighted by atomic mass is 9.79. The van der Waals surface area contributed by atoms with E-state index in [1.807, 2.05) is 26.2 Å². The van der Waals surface area contributed by atoms with E-state index in [4.69, 9.17) is 4.42 Å². The van der Waals surface area contributed by atoms with Crippen molar-refractivity contribution in [1.82, 2.24) is 10.2 Å². The van der Waals surface area contributed by atoms with Crippen molar-refractivity contribution in [3.63, 3.8) is 0 Å². The second-order valence-corrected chi connectivity index (χ2v) is 7.10. The molecule has 1 aliphatic rings. The molecule has 1 atom stereocenters. The first kappa shape index (κ1) is 18.1. The predicted octanol–water partition coefficient (Wildman–Crippen LogP) is 4.00. The standard InChI is InChI=1S/C19H32N2O2/c1-4-5-7-15-9-11-16(12-10-15)19(22)20-14-17(21(2)3)18-8-6-13-23-18/h6,8,13,15-17H,4-5,7,9-12,14H2,1-3H3,(H,20,22). The summed E-state index contributed by atoms with van der Waals surface area (Å²) in [5.74, 6) is 2.17. The molecule has 1 fully saturated rings. The Morgan fingerprint density at radius 1 is 1.35 bits per heavy atom. The summed E-state index contributed by atoms with van der Waals surface area (Å²) >= 11 is 0. The zero-order chi connectivity index (χ0) is 16.7. The van der Waals surface area contributed by atoms with Crippen LogP contribution >= 0.6 is 0 Å². The average molecular weight is 320 g/mol. The number of nitrogens with one attached hydrogen (secondary N) is 1. The second-order valence-electron chi connectivity index (χ2n) is 7.10. The molecule has 4 nitrogen and oxygen atoms in total. The fourth-order valence-corrected chi connectivity index (χ4v) is 3.57. The van der Waals surface area contributed by atoms with Crippen molar-refractivity contribution in [3.05, 3.63) is 24.2 Å². The molecule has 1 aromatic rings. The summed E-state index contributed by atoms with van der Waals surface area (Å²) in [7, 11) is 4.02. The first-order chi connectivity index (χ1) is 11.1. The molecular weight excluding hydrogens is 288 g/mol. The van der Waals surface area contributed by atoms with Crippen LogP contribution in [0, 0.1) is 11.8 Å². The van der Waals surface area contributed by atoms with Crippen LogP contribution in [0.15, 0.2) is 22.8 Å². The molecule has 1 saturated carbocycles. The van der Waals surface area contributed by atoms with E-state index >= 15 is 0 Å². The lowest BCUT2D eigenvalue weighted by Gasteiger charge is -2.29. The van der Waals surface area contributed by atoms with Gasteiger partial charge in [-0.05, 0) is 57.8 Å². The number of furan rings is 1. The van der Waals surface area contributed by atoms with Gasteiger partial charge in [-0.25, -0.2) is 0 Å². The van der Waals surface area contributed by atoms with Crippen LogP contribution in [0.2, 0.25) is 0 Å². The molecule has 1 heterocycles. The molecule has 0 spiro atoms. The van der Waals surface area contributed by atoms with Crippen LogP contribution < -0.4 is 5.32 Å². The summed E-state index contributed by atoms with van der Waals surface area (Å²) < 4.78 is 5.49. The highest BCUT2D eigenvalue weighted by atomic mass is 16.3. The van der Waals surface area contributed by atoms with Crippen molar-refractivity contribution in [2.75, 3.05) is 20.6 Å². The van der Waals surface area contributed by atoms with Gasteiger partial charge < -0.3 is 9.73 Å². The third-order valence-electron chi connectivity index (χ3n) is 5.15. The van der Waals surface area contributed by atoms with E-state index in [-0.39, 0.29) is 17.9 Å². The number of nitrogens with zero attached hydrogens (tertiary/aromatic N) is 1. The van der Waals surface area contributed by atoms with Gasteiger partial charge in [-0.3, -0.25) is 9.69 Å². The first-order valence-electron chi connectivity index (χ1n) is 9.09. The van der Waals surface area contributed by atoms with E-state index in [0.29, 0.717) is 6.54 Å². The van der Waals surface area contributed by atoms with Crippen molar-refractivity contribution < 1.29 is 9.21 Å². The zero-order valence-corrected chi connectivity index (χ0v) is 14.9. The summed E-state index contributed by atoms with van der Waals surface area (Å²) in [5, 5.41) is 3.14. The normalized spacial score (nSPS) is 23.0. The van der Waals surface area contributed by atoms with Gasteiger partial charge in [0, 0.05) is 12.5 Å². The Labute approximate surface area is 140 Å². The summed E-state index contributed by atoms with van der Waals surface area (Å²) in [5.41, 5.74) is 0. The number of rotatable bonds is 8. The van der Waals surface area contributed by atoms with E-state index in [2.05, 4.69) is 17.1 Å². The quantitative estimate of drug-likeness (QED) is 0.787. The molecule has 0 aromatic carbocycles. The fourth-order valence-electron chi connectivity index (χ4n) is 3.57. The molecule has 1 unspecified atom stereocenters. The van der Waals surface area contributed by atoms with Gasteiger partial charge in [0.2, 0.25) is 5.91 Å². The monoisotopic (exact) mass is 320 g/mol. The third-order valence-corrected chi connectivity index (χ3v) is 5.15. The topological polar surface area (TPSA) is 45.5 Å². The molecule has 0 aliphatic heterocycles. The van der Waals surface area contributed by atoms with Crippen LogP contribution in [-0.2, 0) is 4.79 Å². The van der Waals surface area contributed by atoms with Crippen molar-refractivity contribution in [2.45, 2.75) is 57.9 Å². The van der Waals surface area contributed by atoms with Gasteiger partial charge in [0.25, 0.3) is 0 Å². The molecule has 0 saturated heterocycles. The summed E-state index contributed by atoms with van der Waals surface area (Å²) in [6.07, 6.45) is 10.2. The van der Waals surface area contributed by atoms with Crippen LogP contribution in [0.5, 0.6) is 0 Å². The Balaban J connectivity index is 1.76. The van der Waals surface area contributed by atoms with Crippen molar-refractivity contribution in [3.8, 4) is 0 Å². The lowest BCUT2D eigenvalue weighted by molar-refractivity contribution is -0.126. The molecule has 1 N–H and O–H groups in total. The number of likely N-dealkylation sites (N-methyl/N-ethyl adjacent to an activating group) is 1. The van der Waals surface area contributed by atoms with Gasteiger partial charge in [0.1, 0.15) is 5.76 Å². The summed E-state index contributed by atoms with van der Waals surface area (Å²) in [6.45, 7) is 2.86. The van der Waals surface area contributed by atoms with Crippen LogP contribution in [0.1, 0.15) is 63.7 Å². The van der Waals surface area contributed by atoms with Gasteiger partial charge in [0.05, 0.1) is 12.3 Å². The Kier molecular flexibility index (Phi) is 7.15. The second kappa shape index (κ2) is 9.11. The molecule has 1 aliphatic carbocycles. The van der Waals surface area contributed by atoms with E-state index in [9.17, 15) is 4.79 Å². The minimum Gasteiger partial charge on any atom is -0.468 e. The Morgan fingerprint density at radius 3 is 2.65 bits per heavy atom. The molecule has 0 bridgehead atoms. The predicted molar refractivity (Wildman–Crippen MR) is 93.1 cm³/mol. The SMILES string of the molecule is CCCCC1CCC(C(=O)NCC(c2ccco2)N(C)C)CC1. The lowest BCUT2D eigenvalue weighted by Crippen LogP contribution is -2.38. The number of amides is 1. The molecule has 130 valence electrons. The smallest absolute Gasteiger partial charge is 0.223 e. The Hall–Kier alpha value is -1.29. The molecule has 1 aromatic heterocycles. The van der Waals surface area contributed by atoms with E-state index in [1.54, 1.807) is 6.26 Å². The fraction of sp³-hybridized carbons (Fsp3) is 0.737. The Bertz CT molecular complexity index is 448. The van der Waals surface area contributed by atoms with Gasteiger partial charge >= 0.3 is 0 Å². The minimum atomic E-state index is 0.0924. The maximum Gasteiger partial charge on any atom is 0.223 e. The van der Waals surface area contributed by atoms with Crippen LogP contribution in [0.25, 0.3) is 0 Å². The summed E-state index contributed by atoms with van der Waals surface area (Å²) in [6, 6.07) is 3.95. The molecule has 1 amide bonds. The van der Waals surface area contributed by atoms with Crippen LogP contribution in [0.4, 0.5) is 0 Å². The van der Waals surface area contributed by atoms with E-state index in [1.165, 1.54) is 32.1 Å². The molecule has 4 heteroatoms. The van der Waals surface area contributed by atoms with Gasteiger partial charge in [0.15, 0.2) is 0 Å². The number of unbranched alkanes of at least 4 members (excludes halogenated alkanes) is 1. The number of hydrogen-bond donors (Lipinski definition) is 1. The maximum absolute atomic E-state index is 12.5. The van der Waals surface area contributed by atoms with E-state index < -0.39 is 0 Å². The van der Waals surface area contributed by atoms with Crippen molar-refractivity contribution in [1.29, 1.82) is 0 Å². The highest BCUT2D eigenvalue weighted by molar-refractivity contribution is 5.78. The highest BCUT2D eigenvalue weighted by Crippen LogP contribution is 2.32. The summed E-state index contributed by atoms with van der Waals surface area (Å²) in [4.78, 5) is 14.5. The average Bonchev–Trinajstić information content (AvgIpc) is 3.07. The molecule has 2 rings (SSSR count). The third kappa shape index (κ3) is 5.38. The van der Waals surface area contributed by atoms with Gasteiger partial charge in [-0.2, -0.15) is 0 Å². The molecule has 23 heavy (non-hydrogen) atoms. The van der Waals surface area contributed by atoms with Crippen molar-refractivity contribution in [2.24, 2.45) is 11.8 Å². The van der Waals surface area contributed by atoms with E-state index in [0.717, 1.165) is 24.5 Å². The zero-order valence-electron chi connectivity index (χ0n) is 14.9.